The fourth-order valence-corrected chi connectivity index (χ4v) is 1.84. The van der Waals surface area contributed by atoms with Gasteiger partial charge in [-0.05, 0) is 46.5 Å². The largest absolute Gasteiger partial charge is 0.478 e. The van der Waals surface area contributed by atoms with Crippen molar-refractivity contribution in [2.24, 2.45) is 0 Å². The third kappa shape index (κ3) is 9.61. The number of esters is 1. The van der Waals surface area contributed by atoms with Crippen LogP contribution in [0.5, 0.6) is 0 Å². The molecule has 0 fully saturated rings. The van der Waals surface area contributed by atoms with Gasteiger partial charge in [-0.3, -0.25) is 0 Å². The van der Waals surface area contributed by atoms with Gasteiger partial charge in [-0.15, -0.1) is 0 Å². The van der Waals surface area contributed by atoms with Gasteiger partial charge in [-0.25, -0.2) is 14.4 Å². The van der Waals surface area contributed by atoms with E-state index in [1.165, 1.54) is 13.0 Å². The zero-order valence-corrected chi connectivity index (χ0v) is 14.5. The molecule has 0 aliphatic heterocycles. The number of carboxylic acids is 2. The highest BCUT2D eigenvalue weighted by atomic mass is 16.5. The summed E-state index contributed by atoms with van der Waals surface area (Å²) in [5.74, 6) is -2.29. The van der Waals surface area contributed by atoms with Gasteiger partial charge in [0.2, 0.25) is 0 Å². The van der Waals surface area contributed by atoms with E-state index >= 15 is 0 Å². The monoisotopic (exact) mass is 338 g/mol. The molecule has 6 nitrogen and oxygen atoms in total. The van der Waals surface area contributed by atoms with E-state index in [2.05, 4.69) is 0 Å². The van der Waals surface area contributed by atoms with Gasteiger partial charge in [0.05, 0.1) is 6.61 Å². The normalized spacial score (nSPS) is 12.9. The van der Waals surface area contributed by atoms with Crippen molar-refractivity contribution in [2.75, 3.05) is 6.61 Å². The minimum Gasteiger partial charge on any atom is -0.478 e. The molecular formula is C18H26O6. The average Bonchev–Trinajstić information content (AvgIpc) is 2.53. The molecule has 0 aliphatic carbocycles. The van der Waals surface area contributed by atoms with E-state index in [1.807, 2.05) is 0 Å². The highest BCUT2D eigenvalue weighted by Crippen LogP contribution is 2.12. The van der Waals surface area contributed by atoms with Crippen LogP contribution in [-0.2, 0) is 19.1 Å². The van der Waals surface area contributed by atoms with Crippen LogP contribution in [0, 0.1) is 0 Å². The Balaban J connectivity index is 4.11. The third-order valence-electron chi connectivity index (χ3n) is 3.44. The first kappa shape index (κ1) is 21.6. The van der Waals surface area contributed by atoms with Crippen molar-refractivity contribution in [1.82, 2.24) is 0 Å². The summed E-state index contributed by atoms with van der Waals surface area (Å²) in [6.45, 7) is 4.94. The first-order chi connectivity index (χ1) is 11.3. The first-order valence-corrected chi connectivity index (χ1v) is 7.92. The summed E-state index contributed by atoms with van der Waals surface area (Å²) < 4.78 is 5.12. The summed E-state index contributed by atoms with van der Waals surface area (Å²) in [7, 11) is 0. The zero-order valence-electron chi connectivity index (χ0n) is 14.5. The maximum Gasteiger partial charge on any atom is 0.333 e. The molecular weight excluding hydrogens is 312 g/mol. The Morgan fingerprint density at radius 2 is 1.46 bits per heavy atom. The second-order valence-electron chi connectivity index (χ2n) is 5.37. The molecule has 2 N–H and O–H groups in total. The van der Waals surface area contributed by atoms with Gasteiger partial charge in [0, 0.05) is 23.1 Å². The van der Waals surface area contributed by atoms with Crippen molar-refractivity contribution in [3.8, 4) is 0 Å². The van der Waals surface area contributed by atoms with Crippen LogP contribution in [0.15, 0.2) is 34.9 Å². The molecule has 0 aliphatic rings. The Morgan fingerprint density at radius 1 is 0.917 bits per heavy atom. The summed E-state index contributed by atoms with van der Waals surface area (Å²) in [5.41, 5.74) is 1.13. The molecule has 0 bridgehead atoms. The maximum absolute atomic E-state index is 11.9. The molecule has 0 atom stereocenters. The Bertz CT molecular complexity index is 540. The van der Waals surface area contributed by atoms with Crippen LogP contribution in [0.3, 0.4) is 0 Å². The number of carbonyl (C=O) groups is 3. The number of hydrogen-bond acceptors (Lipinski definition) is 4. The molecule has 0 aromatic rings. The molecule has 0 aromatic heterocycles. The Morgan fingerprint density at radius 3 is 1.96 bits per heavy atom. The maximum atomic E-state index is 11.9. The van der Waals surface area contributed by atoms with Crippen molar-refractivity contribution < 1.29 is 29.3 Å². The number of rotatable bonds is 11. The van der Waals surface area contributed by atoms with Crippen LogP contribution in [0.2, 0.25) is 0 Å². The smallest absolute Gasteiger partial charge is 0.333 e. The lowest BCUT2D eigenvalue weighted by molar-refractivity contribution is -0.139. The van der Waals surface area contributed by atoms with Crippen LogP contribution < -0.4 is 0 Å². The number of aliphatic carboxylic acids is 2. The molecule has 0 amide bonds. The van der Waals surface area contributed by atoms with Gasteiger partial charge in [0.1, 0.15) is 0 Å². The molecule has 0 heterocycles. The molecule has 0 spiro atoms. The van der Waals surface area contributed by atoms with Gasteiger partial charge in [-0.2, -0.15) is 0 Å². The van der Waals surface area contributed by atoms with Crippen molar-refractivity contribution in [3.63, 3.8) is 0 Å². The molecule has 0 saturated carbocycles. The predicted molar refractivity (Wildman–Crippen MR) is 90.6 cm³/mol. The van der Waals surface area contributed by atoms with Crippen LogP contribution in [0.4, 0.5) is 0 Å². The number of allylic oxidation sites excluding steroid dienone is 2. The highest BCUT2D eigenvalue weighted by Gasteiger charge is 2.09. The van der Waals surface area contributed by atoms with Crippen LogP contribution in [-0.4, -0.2) is 34.7 Å². The number of hydrogen-bond donors (Lipinski definition) is 2. The number of carbonyl (C=O) groups excluding carboxylic acids is 1. The number of unbranched alkanes of at least 4 members (excludes halogenated alkanes) is 2. The standard InChI is InChI=1S/C18H26O6/c1-4-15(11-7-5-6-9-13(2)16(19)20)18(23)24-12-8-10-14(3)17(21)22/h4,9-10H,5-8,11-12H2,1-3H3,(H,19,20)(H,21,22). The minimum atomic E-state index is -0.984. The van der Waals surface area contributed by atoms with Crippen molar-refractivity contribution in [2.45, 2.75) is 52.9 Å². The number of carboxylic acid groups (broad SMARTS) is 2. The van der Waals surface area contributed by atoms with Crippen molar-refractivity contribution in [1.29, 1.82) is 0 Å². The van der Waals surface area contributed by atoms with Gasteiger partial charge < -0.3 is 14.9 Å². The van der Waals surface area contributed by atoms with Gasteiger partial charge >= 0.3 is 17.9 Å². The van der Waals surface area contributed by atoms with Crippen LogP contribution in [0.25, 0.3) is 0 Å². The fraction of sp³-hybridized carbons (Fsp3) is 0.500. The van der Waals surface area contributed by atoms with Gasteiger partial charge in [0.15, 0.2) is 0 Å². The topological polar surface area (TPSA) is 101 Å². The van der Waals surface area contributed by atoms with Crippen molar-refractivity contribution >= 4 is 17.9 Å². The van der Waals surface area contributed by atoms with E-state index in [1.54, 1.807) is 26.0 Å². The predicted octanol–water partition coefficient (Wildman–Crippen LogP) is 3.49. The molecule has 0 saturated heterocycles. The lowest BCUT2D eigenvalue weighted by atomic mass is 10.1. The van der Waals surface area contributed by atoms with E-state index in [9.17, 15) is 14.4 Å². The Hall–Kier alpha value is -2.37. The Kier molecular flexibility index (Phi) is 10.9. The van der Waals surface area contributed by atoms with E-state index in [4.69, 9.17) is 14.9 Å². The molecule has 0 rings (SSSR count). The molecule has 0 aromatic carbocycles. The summed E-state index contributed by atoms with van der Waals surface area (Å²) in [4.78, 5) is 33.1. The van der Waals surface area contributed by atoms with E-state index in [0.717, 1.165) is 12.8 Å². The average molecular weight is 338 g/mol. The van der Waals surface area contributed by atoms with Crippen LogP contribution >= 0.6 is 0 Å². The molecule has 0 unspecified atom stereocenters. The molecule has 0 radical (unpaired) electrons. The second-order valence-corrected chi connectivity index (χ2v) is 5.37. The lowest BCUT2D eigenvalue weighted by Crippen LogP contribution is -2.09. The SMILES string of the molecule is CC=C(CCCCC=C(C)C(=O)O)C(=O)OCCC=C(C)C(=O)O. The van der Waals surface area contributed by atoms with E-state index in [0.29, 0.717) is 30.4 Å². The van der Waals surface area contributed by atoms with E-state index in [-0.39, 0.29) is 12.2 Å². The first-order valence-electron chi connectivity index (χ1n) is 7.92. The number of ether oxygens (including phenoxy) is 1. The van der Waals surface area contributed by atoms with E-state index < -0.39 is 17.9 Å². The lowest BCUT2D eigenvalue weighted by Gasteiger charge is -2.07. The second kappa shape index (κ2) is 12.1. The summed E-state index contributed by atoms with van der Waals surface area (Å²) in [5, 5.41) is 17.4. The van der Waals surface area contributed by atoms with Gasteiger partial charge in [-0.1, -0.05) is 18.2 Å². The Labute approximate surface area is 142 Å². The van der Waals surface area contributed by atoms with Crippen LogP contribution in [0.1, 0.15) is 52.9 Å². The summed E-state index contributed by atoms with van der Waals surface area (Å²) in [6, 6.07) is 0. The van der Waals surface area contributed by atoms with Crippen molar-refractivity contribution in [3.05, 3.63) is 34.9 Å². The fourth-order valence-electron chi connectivity index (χ4n) is 1.84. The zero-order chi connectivity index (χ0) is 18.5. The quantitative estimate of drug-likeness (QED) is 0.340. The molecule has 134 valence electrons. The molecule has 6 heteroatoms. The minimum absolute atomic E-state index is 0.140. The third-order valence-corrected chi connectivity index (χ3v) is 3.44. The van der Waals surface area contributed by atoms with Gasteiger partial charge in [0.25, 0.3) is 0 Å². The highest BCUT2D eigenvalue weighted by molar-refractivity contribution is 5.88. The molecule has 24 heavy (non-hydrogen) atoms. The summed E-state index contributed by atoms with van der Waals surface area (Å²) in [6.07, 6.45) is 8.03. The summed E-state index contributed by atoms with van der Waals surface area (Å²) >= 11 is 0.